The predicted octanol–water partition coefficient (Wildman–Crippen LogP) is 6.27. The molecule has 0 radical (unpaired) electrons. The summed E-state index contributed by atoms with van der Waals surface area (Å²) in [6.45, 7) is 4.01. The van der Waals surface area contributed by atoms with Crippen LogP contribution in [0.5, 0.6) is 0 Å². The molecule has 2 aromatic heterocycles. The van der Waals surface area contributed by atoms with Gasteiger partial charge in [0.15, 0.2) is 11.6 Å². The maximum absolute atomic E-state index is 13.8. The second-order valence-corrected chi connectivity index (χ2v) is 9.47. The van der Waals surface area contributed by atoms with E-state index >= 15 is 0 Å². The molecule has 0 unspecified atom stereocenters. The zero-order valence-corrected chi connectivity index (χ0v) is 19.5. The van der Waals surface area contributed by atoms with E-state index in [4.69, 9.17) is 4.42 Å². The van der Waals surface area contributed by atoms with Crippen molar-refractivity contribution in [2.75, 3.05) is 10.2 Å². The third-order valence-corrected chi connectivity index (χ3v) is 6.86. The van der Waals surface area contributed by atoms with Crippen LogP contribution in [-0.2, 0) is 16.8 Å². The molecule has 0 saturated heterocycles. The van der Waals surface area contributed by atoms with Gasteiger partial charge in [-0.1, -0.05) is 24.3 Å². The first-order chi connectivity index (χ1) is 17.2. The molecule has 6 nitrogen and oxygen atoms in total. The van der Waals surface area contributed by atoms with Crippen LogP contribution in [-0.4, -0.2) is 16.8 Å². The van der Waals surface area contributed by atoms with Crippen molar-refractivity contribution in [3.05, 3.63) is 95.4 Å². The number of anilines is 2. The van der Waals surface area contributed by atoms with E-state index in [1.165, 1.54) is 6.20 Å². The van der Waals surface area contributed by atoms with E-state index in [-0.39, 0.29) is 5.91 Å². The molecule has 8 heteroatoms. The van der Waals surface area contributed by atoms with Gasteiger partial charge < -0.3 is 19.6 Å². The Bertz CT molecular complexity index is 1700. The van der Waals surface area contributed by atoms with Gasteiger partial charge in [0.2, 0.25) is 5.91 Å². The van der Waals surface area contributed by atoms with Crippen LogP contribution in [0.15, 0.2) is 71.5 Å². The largest absolute Gasteiger partial charge is 0.464 e. The molecule has 180 valence electrons. The first kappa shape index (κ1) is 22.0. The van der Waals surface area contributed by atoms with E-state index in [0.29, 0.717) is 40.0 Å². The number of rotatable bonds is 4. The predicted molar refractivity (Wildman–Crippen MR) is 133 cm³/mol. The Morgan fingerprint density at radius 1 is 1.08 bits per heavy atom. The van der Waals surface area contributed by atoms with Crippen molar-refractivity contribution < 1.29 is 22.8 Å². The number of halogens is 2. The molecule has 0 saturated carbocycles. The number of fused-ring (bicyclic) bond motifs is 3. The Morgan fingerprint density at radius 2 is 1.89 bits per heavy atom. The number of furan rings is 1. The number of carbonyl (C=O) groups excluding carboxylic acids is 2. The molecule has 2 N–H and O–H groups in total. The second kappa shape index (κ2) is 7.78. The van der Waals surface area contributed by atoms with Gasteiger partial charge in [-0.15, -0.1) is 0 Å². The Kier molecular flexibility index (Phi) is 4.76. The summed E-state index contributed by atoms with van der Waals surface area (Å²) in [5.41, 5.74) is 3.30. The zero-order chi connectivity index (χ0) is 25.2. The van der Waals surface area contributed by atoms with Crippen LogP contribution in [0, 0.1) is 11.6 Å². The van der Waals surface area contributed by atoms with E-state index < -0.39 is 23.0 Å². The van der Waals surface area contributed by atoms with Crippen molar-refractivity contribution in [2.24, 2.45) is 0 Å². The van der Waals surface area contributed by atoms with Crippen LogP contribution in [0.3, 0.4) is 0 Å². The first-order valence-electron chi connectivity index (χ1n) is 11.4. The van der Waals surface area contributed by atoms with Crippen molar-refractivity contribution in [1.29, 1.82) is 0 Å². The van der Waals surface area contributed by atoms with E-state index in [9.17, 15) is 18.4 Å². The standard InChI is InChI=1S/C28H21F2N3O3/c1-28(2)19-7-6-16(26(34)32-23-13-31-22-12-21(30)20(29)11-18(22)23)10-24(19)33(27(28)35)14-17-5-3-4-15-8-9-36-25(15)17/h3-13,31H,14H2,1-2H3,(H,32,34). The summed E-state index contributed by atoms with van der Waals surface area (Å²) in [5, 5.41) is 4.06. The SMILES string of the molecule is CC1(C)C(=O)N(Cc2cccc3ccoc23)c2cc(C(=O)Nc3c[nH]c4cc(F)c(F)cc34)ccc21. The highest BCUT2D eigenvalue weighted by Crippen LogP contribution is 2.43. The monoisotopic (exact) mass is 485 g/mol. The van der Waals surface area contributed by atoms with Gasteiger partial charge in [-0.25, -0.2) is 8.78 Å². The Balaban J connectivity index is 1.35. The first-order valence-corrected chi connectivity index (χ1v) is 11.4. The number of para-hydroxylation sites is 1. The molecule has 1 aliphatic heterocycles. The number of hydrogen-bond donors (Lipinski definition) is 2. The average Bonchev–Trinajstić information content (AvgIpc) is 3.53. The molecule has 0 aliphatic carbocycles. The molecule has 0 fully saturated rings. The number of nitrogens with zero attached hydrogens (tertiary/aromatic N) is 1. The van der Waals surface area contributed by atoms with Crippen molar-refractivity contribution in [2.45, 2.75) is 25.8 Å². The Hall–Kier alpha value is -4.46. The molecule has 6 rings (SSSR count). The van der Waals surface area contributed by atoms with Crippen LogP contribution < -0.4 is 10.2 Å². The summed E-state index contributed by atoms with van der Waals surface area (Å²) < 4.78 is 33.0. The van der Waals surface area contributed by atoms with E-state index in [2.05, 4.69) is 10.3 Å². The van der Waals surface area contributed by atoms with E-state index in [0.717, 1.165) is 28.6 Å². The lowest BCUT2D eigenvalue weighted by molar-refractivity contribution is -0.122. The minimum atomic E-state index is -1.00. The number of aromatic amines is 1. The van der Waals surface area contributed by atoms with Crippen LogP contribution in [0.4, 0.5) is 20.2 Å². The van der Waals surface area contributed by atoms with Gasteiger partial charge in [0.1, 0.15) is 5.58 Å². The molecule has 36 heavy (non-hydrogen) atoms. The number of aromatic nitrogens is 1. The second-order valence-electron chi connectivity index (χ2n) is 9.47. The van der Waals surface area contributed by atoms with E-state index in [1.54, 1.807) is 29.4 Å². The topological polar surface area (TPSA) is 78.3 Å². The quantitative estimate of drug-likeness (QED) is 0.315. The van der Waals surface area contributed by atoms with Crippen LogP contribution in [0.25, 0.3) is 21.9 Å². The fourth-order valence-corrected chi connectivity index (χ4v) is 4.91. The lowest BCUT2D eigenvalue weighted by atomic mass is 9.86. The average molecular weight is 485 g/mol. The highest BCUT2D eigenvalue weighted by atomic mass is 19.2. The summed E-state index contributed by atoms with van der Waals surface area (Å²) in [6, 6.07) is 14.9. The van der Waals surface area contributed by atoms with Gasteiger partial charge in [0.05, 0.1) is 29.4 Å². The van der Waals surface area contributed by atoms with Crippen molar-refractivity contribution >= 4 is 45.1 Å². The molecule has 3 heterocycles. The van der Waals surface area contributed by atoms with Gasteiger partial charge in [0.25, 0.3) is 5.91 Å². The minimum Gasteiger partial charge on any atom is -0.464 e. The summed E-state index contributed by atoms with van der Waals surface area (Å²) >= 11 is 0. The van der Waals surface area contributed by atoms with Gasteiger partial charge in [0, 0.05) is 39.8 Å². The highest BCUT2D eigenvalue weighted by Gasteiger charge is 2.44. The minimum absolute atomic E-state index is 0.0762. The maximum atomic E-state index is 13.8. The van der Waals surface area contributed by atoms with Crippen molar-refractivity contribution in [1.82, 2.24) is 4.98 Å². The van der Waals surface area contributed by atoms with E-state index in [1.807, 2.05) is 38.1 Å². The van der Waals surface area contributed by atoms with Crippen LogP contribution in [0.1, 0.15) is 35.3 Å². The maximum Gasteiger partial charge on any atom is 0.255 e. The molecule has 0 spiro atoms. The van der Waals surface area contributed by atoms with Crippen LogP contribution in [0.2, 0.25) is 0 Å². The third kappa shape index (κ3) is 3.29. The zero-order valence-electron chi connectivity index (χ0n) is 19.5. The third-order valence-electron chi connectivity index (χ3n) is 6.86. The molecule has 2 amide bonds. The lowest BCUT2D eigenvalue weighted by Crippen LogP contribution is -2.35. The Labute approximate surface area is 204 Å². The fourth-order valence-electron chi connectivity index (χ4n) is 4.91. The molecule has 1 aliphatic rings. The van der Waals surface area contributed by atoms with Gasteiger partial charge >= 0.3 is 0 Å². The number of amides is 2. The normalized spacial score (nSPS) is 14.6. The lowest BCUT2D eigenvalue weighted by Gasteiger charge is -2.20. The number of carbonyl (C=O) groups is 2. The van der Waals surface area contributed by atoms with Crippen molar-refractivity contribution in [3.63, 3.8) is 0 Å². The van der Waals surface area contributed by atoms with Gasteiger partial charge in [-0.05, 0) is 43.7 Å². The van der Waals surface area contributed by atoms with Crippen molar-refractivity contribution in [3.8, 4) is 0 Å². The summed E-state index contributed by atoms with van der Waals surface area (Å²) in [5.74, 6) is -2.49. The molecular formula is C28H21F2N3O3. The molecule has 5 aromatic rings. The van der Waals surface area contributed by atoms with Crippen LogP contribution >= 0.6 is 0 Å². The van der Waals surface area contributed by atoms with Gasteiger partial charge in [-0.2, -0.15) is 0 Å². The number of benzene rings is 3. The highest BCUT2D eigenvalue weighted by molar-refractivity contribution is 6.12. The number of H-pyrrole nitrogens is 1. The molecule has 0 atom stereocenters. The molecular weight excluding hydrogens is 464 g/mol. The molecule has 3 aromatic carbocycles. The Morgan fingerprint density at radius 3 is 2.72 bits per heavy atom. The molecule has 0 bridgehead atoms. The fraction of sp³-hybridized carbons (Fsp3) is 0.143. The summed E-state index contributed by atoms with van der Waals surface area (Å²) in [6.07, 6.45) is 3.10. The smallest absolute Gasteiger partial charge is 0.255 e. The summed E-state index contributed by atoms with van der Waals surface area (Å²) in [4.78, 5) is 31.1. The van der Waals surface area contributed by atoms with Gasteiger partial charge in [-0.3, -0.25) is 9.59 Å². The number of nitrogens with one attached hydrogen (secondary N) is 2. The number of hydrogen-bond acceptors (Lipinski definition) is 3. The summed E-state index contributed by atoms with van der Waals surface area (Å²) in [7, 11) is 0.